The van der Waals surface area contributed by atoms with Crippen LogP contribution in [0.2, 0.25) is 0 Å². The Morgan fingerprint density at radius 3 is 2.42 bits per heavy atom. The zero-order valence-corrected chi connectivity index (χ0v) is 14.8. The Bertz CT molecular complexity index is 859. The van der Waals surface area contributed by atoms with Crippen molar-refractivity contribution in [1.29, 1.82) is 0 Å². The van der Waals surface area contributed by atoms with Crippen molar-refractivity contribution in [2.75, 3.05) is 18.5 Å². The minimum atomic E-state index is -0.204. The number of imidazole rings is 1. The summed E-state index contributed by atoms with van der Waals surface area (Å²) in [5.41, 5.74) is 2.20. The first-order valence-electron chi connectivity index (χ1n) is 8.50. The number of benzene rings is 2. The summed E-state index contributed by atoms with van der Waals surface area (Å²) < 4.78 is 13.0. The molecule has 6 heteroatoms. The summed E-state index contributed by atoms with van der Waals surface area (Å²) in [6.07, 6.45) is 5.31. The fourth-order valence-corrected chi connectivity index (χ4v) is 2.52. The molecule has 0 atom stereocenters. The van der Waals surface area contributed by atoms with Crippen LogP contribution in [0.5, 0.6) is 11.5 Å². The summed E-state index contributed by atoms with van der Waals surface area (Å²) >= 11 is 0. The maximum absolute atomic E-state index is 12.5. The van der Waals surface area contributed by atoms with Crippen LogP contribution >= 0.6 is 0 Å². The number of aromatic nitrogens is 2. The Labute approximate surface area is 152 Å². The molecule has 0 saturated carbocycles. The second-order valence-electron chi connectivity index (χ2n) is 5.50. The van der Waals surface area contributed by atoms with Gasteiger partial charge in [0, 0.05) is 29.3 Å². The first-order valence-corrected chi connectivity index (χ1v) is 8.50. The van der Waals surface area contributed by atoms with Crippen LogP contribution in [0.1, 0.15) is 24.2 Å². The highest BCUT2D eigenvalue weighted by Gasteiger charge is 2.12. The van der Waals surface area contributed by atoms with Gasteiger partial charge < -0.3 is 19.4 Å². The first-order chi connectivity index (χ1) is 12.7. The molecule has 0 radical (unpaired) electrons. The van der Waals surface area contributed by atoms with Gasteiger partial charge in [-0.2, -0.15) is 0 Å². The Hall–Kier alpha value is -3.28. The van der Waals surface area contributed by atoms with E-state index in [0.717, 1.165) is 5.69 Å². The van der Waals surface area contributed by atoms with Gasteiger partial charge in [0.2, 0.25) is 0 Å². The number of hydrogen-bond donors (Lipinski definition) is 1. The van der Waals surface area contributed by atoms with Crippen molar-refractivity contribution in [1.82, 2.24) is 9.55 Å². The van der Waals surface area contributed by atoms with Gasteiger partial charge in [-0.05, 0) is 56.3 Å². The minimum Gasteiger partial charge on any atom is -0.490 e. The van der Waals surface area contributed by atoms with Gasteiger partial charge in [-0.3, -0.25) is 4.79 Å². The van der Waals surface area contributed by atoms with Crippen LogP contribution in [0, 0.1) is 0 Å². The van der Waals surface area contributed by atoms with Crippen molar-refractivity contribution in [2.45, 2.75) is 13.8 Å². The molecule has 0 saturated heterocycles. The van der Waals surface area contributed by atoms with E-state index >= 15 is 0 Å². The molecule has 0 aliphatic carbocycles. The van der Waals surface area contributed by atoms with Crippen molar-refractivity contribution >= 4 is 11.6 Å². The van der Waals surface area contributed by atoms with Gasteiger partial charge in [-0.25, -0.2) is 4.98 Å². The van der Waals surface area contributed by atoms with E-state index in [4.69, 9.17) is 9.47 Å². The molecule has 1 N–H and O–H groups in total. The van der Waals surface area contributed by atoms with Crippen molar-refractivity contribution in [3.05, 3.63) is 66.7 Å². The molecule has 2 aromatic carbocycles. The highest BCUT2D eigenvalue weighted by atomic mass is 16.5. The average Bonchev–Trinajstić information content (AvgIpc) is 3.19. The van der Waals surface area contributed by atoms with Crippen LogP contribution in [0.4, 0.5) is 5.69 Å². The molecule has 134 valence electrons. The van der Waals surface area contributed by atoms with E-state index in [0.29, 0.717) is 36.0 Å². The average molecular weight is 351 g/mol. The molecule has 1 amide bonds. The summed E-state index contributed by atoms with van der Waals surface area (Å²) in [5, 5.41) is 2.89. The molecule has 6 nitrogen and oxygen atoms in total. The van der Waals surface area contributed by atoms with Crippen LogP contribution in [0.3, 0.4) is 0 Å². The third kappa shape index (κ3) is 4.03. The molecule has 0 spiro atoms. The largest absolute Gasteiger partial charge is 0.490 e. The topological polar surface area (TPSA) is 65.4 Å². The Balaban J connectivity index is 1.74. The molecule has 1 aromatic heterocycles. The smallest absolute Gasteiger partial charge is 0.255 e. The molecule has 0 aliphatic heterocycles. The van der Waals surface area contributed by atoms with Crippen LogP contribution in [-0.2, 0) is 0 Å². The van der Waals surface area contributed by atoms with E-state index in [1.54, 1.807) is 30.7 Å². The number of anilines is 1. The Morgan fingerprint density at radius 2 is 1.77 bits per heavy atom. The van der Waals surface area contributed by atoms with Crippen LogP contribution in [0.15, 0.2) is 61.2 Å². The van der Waals surface area contributed by atoms with Crippen molar-refractivity contribution < 1.29 is 14.3 Å². The zero-order chi connectivity index (χ0) is 18.4. The maximum Gasteiger partial charge on any atom is 0.255 e. The third-order valence-electron chi connectivity index (χ3n) is 3.73. The van der Waals surface area contributed by atoms with Gasteiger partial charge in [0.15, 0.2) is 11.5 Å². The predicted octanol–water partition coefficient (Wildman–Crippen LogP) is 3.92. The second-order valence-corrected chi connectivity index (χ2v) is 5.50. The molecular weight excluding hydrogens is 330 g/mol. The minimum absolute atomic E-state index is 0.204. The highest BCUT2D eigenvalue weighted by molar-refractivity contribution is 6.04. The molecular formula is C20H21N3O3. The fourth-order valence-electron chi connectivity index (χ4n) is 2.52. The Morgan fingerprint density at radius 1 is 1.04 bits per heavy atom. The van der Waals surface area contributed by atoms with Gasteiger partial charge in [0.05, 0.1) is 19.5 Å². The zero-order valence-electron chi connectivity index (χ0n) is 14.8. The molecule has 0 unspecified atom stereocenters. The van der Waals surface area contributed by atoms with Crippen molar-refractivity contribution in [2.24, 2.45) is 0 Å². The number of carbonyl (C=O) groups is 1. The lowest BCUT2D eigenvalue weighted by Crippen LogP contribution is -2.12. The van der Waals surface area contributed by atoms with Crippen LogP contribution in [0.25, 0.3) is 5.69 Å². The monoisotopic (exact) mass is 351 g/mol. The van der Waals surface area contributed by atoms with Gasteiger partial charge in [-0.15, -0.1) is 0 Å². The number of rotatable bonds is 7. The third-order valence-corrected chi connectivity index (χ3v) is 3.73. The van der Waals surface area contributed by atoms with E-state index in [1.807, 2.05) is 48.9 Å². The summed E-state index contributed by atoms with van der Waals surface area (Å²) in [6, 6.07) is 12.7. The normalized spacial score (nSPS) is 10.4. The lowest BCUT2D eigenvalue weighted by molar-refractivity contribution is 0.102. The Kier molecular flexibility index (Phi) is 5.53. The van der Waals surface area contributed by atoms with Crippen LogP contribution < -0.4 is 14.8 Å². The molecule has 0 fully saturated rings. The van der Waals surface area contributed by atoms with Crippen molar-refractivity contribution in [3.8, 4) is 17.2 Å². The molecule has 0 aliphatic rings. The first kappa shape index (κ1) is 17.5. The predicted molar refractivity (Wildman–Crippen MR) is 100 cm³/mol. The van der Waals surface area contributed by atoms with Gasteiger partial charge >= 0.3 is 0 Å². The summed E-state index contributed by atoms with van der Waals surface area (Å²) in [6.45, 7) is 4.84. The number of nitrogens with one attached hydrogen (secondary N) is 1. The van der Waals surface area contributed by atoms with E-state index in [-0.39, 0.29) is 5.91 Å². The summed E-state index contributed by atoms with van der Waals surface area (Å²) in [4.78, 5) is 16.6. The van der Waals surface area contributed by atoms with E-state index in [9.17, 15) is 4.79 Å². The molecule has 3 aromatic rings. The second kappa shape index (κ2) is 8.20. The summed E-state index contributed by atoms with van der Waals surface area (Å²) in [7, 11) is 0. The van der Waals surface area contributed by atoms with Gasteiger partial charge in [0.25, 0.3) is 5.91 Å². The summed E-state index contributed by atoms with van der Waals surface area (Å²) in [5.74, 6) is 0.998. The van der Waals surface area contributed by atoms with E-state index < -0.39 is 0 Å². The lowest BCUT2D eigenvalue weighted by atomic mass is 10.1. The number of hydrogen-bond acceptors (Lipinski definition) is 4. The van der Waals surface area contributed by atoms with Gasteiger partial charge in [0.1, 0.15) is 0 Å². The maximum atomic E-state index is 12.5. The fraction of sp³-hybridized carbons (Fsp3) is 0.200. The highest BCUT2D eigenvalue weighted by Crippen LogP contribution is 2.29. The van der Waals surface area contributed by atoms with Crippen LogP contribution in [-0.4, -0.2) is 28.7 Å². The van der Waals surface area contributed by atoms with E-state index in [1.165, 1.54) is 0 Å². The quantitative estimate of drug-likeness (QED) is 0.701. The molecule has 26 heavy (non-hydrogen) atoms. The van der Waals surface area contributed by atoms with E-state index in [2.05, 4.69) is 10.3 Å². The van der Waals surface area contributed by atoms with Gasteiger partial charge in [-0.1, -0.05) is 0 Å². The number of nitrogens with zero attached hydrogens (tertiary/aromatic N) is 2. The standard InChI is InChI=1S/C20H21N3O3/c1-3-25-18-10-5-15(13-19(18)26-4-2)20(24)22-16-6-8-17(9-7-16)23-12-11-21-14-23/h5-14H,3-4H2,1-2H3,(H,22,24). The molecule has 0 bridgehead atoms. The molecule has 1 heterocycles. The SMILES string of the molecule is CCOc1ccc(C(=O)Nc2ccc(-n3ccnc3)cc2)cc1OCC. The number of ether oxygens (including phenoxy) is 2. The molecule has 3 rings (SSSR count). The van der Waals surface area contributed by atoms with Crippen molar-refractivity contribution in [3.63, 3.8) is 0 Å². The number of carbonyl (C=O) groups excluding carboxylic acids is 1. The number of amides is 1. The lowest BCUT2D eigenvalue weighted by Gasteiger charge is -2.12.